The monoisotopic (exact) mass is 388 g/mol. The van der Waals surface area contributed by atoms with Gasteiger partial charge in [-0.3, -0.25) is 4.98 Å². The van der Waals surface area contributed by atoms with E-state index < -0.39 is 6.36 Å². The number of fused-ring (bicyclic) bond motifs is 1. The molecule has 0 aliphatic carbocycles. The Morgan fingerprint density at radius 2 is 1.96 bits per heavy atom. The van der Waals surface area contributed by atoms with Crippen LogP contribution >= 0.6 is 0 Å². The number of hydrogen-bond acceptors (Lipinski definition) is 6. The van der Waals surface area contributed by atoms with Gasteiger partial charge in [0.1, 0.15) is 11.5 Å². The predicted molar refractivity (Wildman–Crippen MR) is 97.0 cm³/mol. The maximum Gasteiger partial charge on any atom is 0.573 e. The van der Waals surface area contributed by atoms with Gasteiger partial charge in [0.15, 0.2) is 0 Å². The maximum absolute atomic E-state index is 12.5. The Bertz CT molecular complexity index is 993. The van der Waals surface area contributed by atoms with Gasteiger partial charge in [-0.2, -0.15) is 0 Å². The lowest BCUT2D eigenvalue weighted by Crippen LogP contribution is -2.17. The second kappa shape index (κ2) is 6.91. The summed E-state index contributed by atoms with van der Waals surface area (Å²) in [7, 11) is 0. The van der Waals surface area contributed by atoms with Crippen molar-refractivity contribution in [2.24, 2.45) is 0 Å². The first-order valence-corrected chi connectivity index (χ1v) is 8.35. The van der Waals surface area contributed by atoms with E-state index >= 15 is 0 Å². The molecule has 28 heavy (non-hydrogen) atoms. The molecule has 0 saturated carbocycles. The Hall–Kier alpha value is -3.49. The highest BCUT2D eigenvalue weighted by atomic mass is 19.4. The first-order valence-electron chi connectivity index (χ1n) is 8.35. The summed E-state index contributed by atoms with van der Waals surface area (Å²) < 4.78 is 47.1. The number of aromatic nitrogens is 2. The van der Waals surface area contributed by atoms with Gasteiger partial charge in [0.2, 0.25) is 5.88 Å². The van der Waals surface area contributed by atoms with Crippen molar-refractivity contribution in [1.29, 1.82) is 0 Å². The van der Waals surface area contributed by atoms with Crippen LogP contribution in [0.25, 0.3) is 0 Å². The number of hydrogen-bond donors (Lipinski definition) is 1. The van der Waals surface area contributed by atoms with E-state index in [1.165, 1.54) is 19.1 Å². The average molecular weight is 388 g/mol. The molecule has 1 aliphatic rings. The minimum Gasteiger partial charge on any atom is -0.439 e. The Labute approximate surface area is 158 Å². The SMILES string of the molecule is Cc1ccc(Oc2ccc(N3CNc4cnccc43)cn2)cc1OC(F)(F)F. The molecule has 0 unspecified atom stereocenters. The number of halogens is 3. The largest absolute Gasteiger partial charge is 0.573 e. The summed E-state index contributed by atoms with van der Waals surface area (Å²) in [4.78, 5) is 10.3. The van der Waals surface area contributed by atoms with Crippen LogP contribution in [0.3, 0.4) is 0 Å². The van der Waals surface area contributed by atoms with E-state index in [9.17, 15) is 13.2 Å². The van der Waals surface area contributed by atoms with Gasteiger partial charge in [0.25, 0.3) is 0 Å². The topological polar surface area (TPSA) is 59.5 Å². The van der Waals surface area contributed by atoms with Crippen molar-refractivity contribution < 1.29 is 22.6 Å². The Balaban J connectivity index is 1.51. The van der Waals surface area contributed by atoms with E-state index in [0.29, 0.717) is 12.2 Å². The standard InChI is InChI=1S/C19H15F3N4O2/c1-12-2-4-14(8-17(12)28-19(20,21)22)27-18-5-3-13(9-24-18)26-11-25-15-10-23-7-6-16(15)26/h2-10,25H,11H2,1H3. The third kappa shape index (κ3) is 3.78. The summed E-state index contributed by atoms with van der Waals surface area (Å²) >= 11 is 0. The van der Waals surface area contributed by atoms with Gasteiger partial charge in [0.05, 0.1) is 36.1 Å². The molecule has 1 N–H and O–H groups in total. The Morgan fingerprint density at radius 3 is 2.71 bits per heavy atom. The van der Waals surface area contributed by atoms with Crippen LogP contribution in [-0.4, -0.2) is 23.0 Å². The van der Waals surface area contributed by atoms with Crippen LogP contribution < -0.4 is 19.7 Å². The number of nitrogens with zero attached hydrogens (tertiary/aromatic N) is 3. The second-order valence-electron chi connectivity index (χ2n) is 6.09. The van der Waals surface area contributed by atoms with Gasteiger partial charge in [-0.15, -0.1) is 13.2 Å². The quantitative estimate of drug-likeness (QED) is 0.679. The first kappa shape index (κ1) is 17.9. The molecule has 0 saturated heterocycles. The molecule has 0 spiro atoms. The molecule has 0 bridgehead atoms. The highest BCUT2D eigenvalue weighted by Gasteiger charge is 2.32. The fourth-order valence-electron chi connectivity index (χ4n) is 2.83. The summed E-state index contributed by atoms with van der Waals surface area (Å²) in [6.45, 7) is 2.11. The predicted octanol–water partition coefficient (Wildman–Crippen LogP) is 5.00. The Morgan fingerprint density at radius 1 is 1.11 bits per heavy atom. The molecule has 4 rings (SSSR count). The van der Waals surface area contributed by atoms with E-state index in [-0.39, 0.29) is 17.4 Å². The van der Waals surface area contributed by atoms with E-state index in [4.69, 9.17) is 4.74 Å². The Kier molecular flexibility index (Phi) is 4.42. The van der Waals surface area contributed by atoms with Crippen LogP contribution in [0.2, 0.25) is 0 Å². The molecular weight excluding hydrogens is 373 g/mol. The smallest absolute Gasteiger partial charge is 0.439 e. The maximum atomic E-state index is 12.5. The molecule has 1 aromatic carbocycles. The molecule has 2 aromatic heterocycles. The van der Waals surface area contributed by atoms with Gasteiger partial charge in [-0.05, 0) is 30.7 Å². The normalized spacial score (nSPS) is 13.1. The summed E-state index contributed by atoms with van der Waals surface area (Å²) in [6, 6.07) is 9.60. The molecule has 0 amide bonds. The molecule has 0 atom stereocenters. The summed E-state index contributed by atoms with van der Waals surface area (Å²) in [5, 5.41) is 3.23. The van der Waals surface area contributed by atoms with Crippen molar-refractivity contribution in [3.8, 4) is 17.4 Å². The lowest BCUT2D eigenvalue weighted by Gasteiger charge is -2.18. The van der Waals surface area contributed by atoms with Crippen molar-refractivity contribution in [3.63, 3.8) is 0 Å². The molecular formula is C19H15F3N4O2. The number of rotatable bonds is 4. The van der Waals surface area contributed by atoms with Gasteiger partial charge < -0.3 is 19.7 Å². The van der Waals surface area contributed by atoms with Crippen molar-refractivity contribution in [3.05, 3.63) is 60.6 Å². The van der Waals surface area contributed by atoms with Crippen LogP contribution in [0.4, 0.5) is 30.2 Å². The van der Waals surface area contributed by atoms with E-state index in [1.54, 1.807) is 30.7 Å². The minimum absolute atomic E-state index is 0.198. The highest BCUT2D eigenvalue weighted by Crippen LogP contribution is 2.36. The number of anilines is 3. The summed E-state index contributed by atoms with van der Waals surface area (Å²) in [5.74, 6) is 0.145. The molecule has 3 heterocycles. The lowest BCUT2D eigenvalue weighted by molar-refractivity contribution is -0.274. The molecule has 3 aromatic rings. The minimum atomic E-state index is -4.77. The zero-order valence-corrected chi connectivity index (χ0v) is 14.7. The van der Waals surface area contributed by atoms with Gasteiger partial charge >= 0.3 is 6.36 Å². The van der Waals surface area contributed by atoms with Crippen LogP contribution in [0, 0.1) is 6.92 Å². The molecule has 1 aliphatic heterocycles. The number of alkyl halides is 3. The van der Waals surface area contributed by atoms with E-state index in [1.807, 2.05) is 17.0 Å². The van der Waals surface area contributed by atoms with Crippen LogP contribution in [0.1, 0.15) is 5.56 Å². The molecule has 9 heteroatoms. The number of nitrogens with one attached hydrogen (secondary N) is 1. The summed E-state index contributed by atoms with van der Waals surface area (Å²) in [6.07, 6.45) is 0.326. The van der Waals surface area contributed by atoms with Crippen molar-refractivity contribution >= 4 is 17.1 Å². The van der Waals surface area contributed by atoms with Gasteiger partial charge in [0, 0.05) is 18.3 Å². The zero-order chi connectivity index (χ0) is 19.7. The third-order valence-electron chi connectivity index (χ3n) is 4.16. The van der Waals surface area contributed by atoms with Gasteiger partial charge in [-0.25, -0.2) is 4.98 Å². The van der Waals surface area contributed by atoms with Crippen molar-refractivity contribution in [2.45, 2.75) is 13.3 Å². The average Bonchev–Trinajstić information content (AvgIpc) is 3.08. The number of pyridine rings is 2. The highest BCUT2D eigenvalue weighted by molar-refractivity contribution is 5.80. The fourth-order valence-corrected chi connectivity index (χ4v) is 2.83. The number of aryl methyl sites for hydroxylation is 1. The van der Waals surface area contributed by atoms with Crippen LogP contribution in [-0.2, 0) is 0 Å². The lowest BCUT2D eigenvalue weighted by atomic mass is 10.2. The first-order chi connectivity index (χ1) is 13.4. The number of benzene rings is 1. The zero-order valence-electron chi connectivity index (χ0n) is 14.7. The molecule has 0 radical (unpaired) electrons. The third-order valence-corrected chi connectivity index (χ3v) is 4.16. The van der Waals surface area contributed by atoms with Crippen LogP contribution in [0.5, 0.6) is 17.4 Å². The molecule has 0 fully saturated rings. The van der Waals surface area contributed by atoms with Crippen molar-refractivity contribution in [2.75, 3.05) is 16.9 Å². The molecule has 144 valence electrons. The second-order valence-corrected chi connectivity index (χ2v) is 6.09. The van der Waals surface area contributed by atoms with E-state index in [0.717, 1.165) is 17.1 Å². The molecule has 6 nitrogen and oxygen atoms in total. The van der Waals surface area contributed by atoms with Gasteiger partial charge in [-0.1, -0.05) is 6.07 Å². The summed E-state index contributed by atoms with van der Waals surface area (Å²) in [5.41, 5.74) is 3.11. The van der Waals surface area contributed by atoms with Crippen LogP contribution in [0.15, 0.2) is 55.0 Å². The number of ether oxygens (including phenoxy) is 2. The van der Waals surface area contributed by atoms with E-state index in [2.05, 4.69) is 20.0 Å². The fraction of sp³-hybridized carbons (Fsp3) is 0.158. The van der Waals surface area contributed by atoms with Crippen molar-refractivity contribution in [1.82, 2.24) is 9.97 Å².